The van der Waals surface area contributed by atoms with Crippen LogP contribution in [-0.2, 0) is 10.0 Å². The molecule has 8 heteroatoms. The van der Waals surface area contributed by atoms with Crippen molar-refractivity contribution in [3.8, 4) is 0 Å². The molecule has 0 aromatic heterocycles. The summed E-state index contributed by atoms with van der Waals surface area (Å²) in [5.74, 6) is 0.525. The van der Waals surface area contributed by atoms with Crippen LogP contribution in [-0.4, -0.2) is 44.3 Å². The third-order valence-electron chi connectivity index (χ3n) is 4.81. The van der Waals surface area contributed by atoms with Gasteiger partial charge in [-0.05, 0) is 63.7 Å². The number of nitro groups is 1. The van der Waals surface area contributed by atoms with Gasteiger partial charge in [-0.15, -0.1) is 0 Å². The van der Waals surface area contributed by atoms with Gasteiger partial charge in [-0.3, -0.25) is 10.1 Å². The number of non-ortho nitro benzene ring substituents is 1. The Kier molecular flexibility index (Phi) is 5.95. The number of nitro benzene ring substituents is 1. The number of benzene rings is 1. The Balaban J connectivity index is 2.24. The second-order valence-corrected chi connectivity index (χ2v) is 8.29. The molecule has 0 bridgehead atoms. The Morgan fingerprint density at radius 3 is 2.46 bits per heavy atom. The zero-order valence-electron chi connectivity index (χ0n) is 14.4. The van der Waals surface area contributed by atoms with E-state index in [1.54, 1.807) is 13.8 Å². The fourth-order valence-corrected chi connectivity index (χ4v) is 4.90. The SMILES string of the molecule is CNCCC1CCN(S(=O)(=O)c2cc([N+](=O)[O-])cc(C)c2C)CC1. The van der Waals surface area contributed by atoms with Crippen molar-refractivity contribution >= 4 is 15.7 Å². The molecule has 134 valence electrons. The van der Waals surface area contributed by atoms with E-state index in [0.29, 0.717) is 30.1 Å². The quantitative estimate of drug-likeness (QED) is 0.624. The largest absolute Gasteiger partial charge is 0.320 e. The summed E-state index contributed by atoms with van der Waals surface area (Å²) in [4.78, 5) is 10.6. The molecular formula is C16H25N3O4S. The van der Waals surface area contributed by atoms with Crippen LogP contribution >= 0.6 is 0 Å². The van der Waals surface area contributed by atoms with E-state index in [4.69, 9.17) is 0 Å². The molecule has 1 aliphatic rings. The van der Waals surface area contributed by atoms with Crippen molar-refractivity contribution in [1.82, 2.24) is 9.62 Å². The minimum Gasteiger partial charge on any atom is -0.320 e. The second-order valence-electron chi connectivity index (χ2n) is 6.38. The molecule has 0 saturated carbocycles. The predicted octanol–water partition coefficient (Wildman–Crippen LogP) is 2.22. The van der Waals surface area contributed by atoms with Gasteiger partial charge >= 0.3 is 0 Å². The molecule has 0 unspecified atom stereocenters. The molecular weight excluding hydrogens is 330 g/mol. The molecule has 0 aliphatic carbocycles. The van der Waals surface area contributed by atoms with Gasteiger partial charge in [0, 0.05) is 25.2 Å². The fourth-order valence-electron chi connectivity index (χ4n) is 3.11. The Hall–Kier alpha value is -1.51. The van der Waals surface area contributed by atoms with Crippen LogP contribution in [0.2, 0.25) is 0 Å². The standard InChI is InChI=1S/C16H25N3O4S/c1-12-10-15(19(20)21)11-16(13(12)2)24(22,23)18-8-5-14(6-9-18)4-7-17-3/h10-11,14,17H,4-9H2,1-3H3. The Bertz CT molecular complexity index is 710. The van der Waals surface area contributed by atoms with Crippen LogP contribution in [0, 0.1) is 29.9 Å². The summed E-state index contributed by atoms with van der Waals surface area (Å²) >= 11 is 0. The van der Waals surface area contributed by atoms with Crippen LogP contribution in [0.4, 0.5) is 5.69 Å². The molecule has 1 aromatic carbocycles. The molecule has 1 saturated heterocycles. The normalized spacial score (nSPS) is 17.1. The predicted molar refractivity (Wildman–Crippen MR) is 92.6 cm³/mol. The number of rotatable bonds is 6. The van der Waals surface area contributed by atoms with Crippen molar-refractivity contribution in [2.24, 2.45) is 5.92 Å². The molecule has 1 fully saturated rings. The Labute approximate surface area is 143 Å². The number of piperidine rings is 1. The molecule has 0 amide bonds. The van der Waals surface area contributed by atoms with E-state index in [2.05, 4.69) is 5.32 Å². The summed E-state index contributed by atoms with van der Waals surface area (Å²) < 4.78 is 27.4. The van der Waals surface area contributed by atoms with Gasteiger partial charge in [0.15, 0.2) is 0 Å². The highest BCUT2D eigenvalue weighted by Gasteiger charge is 2.31. The maximum atomic E-state index is 12.9. The van der Waals surface area contributed by atoms with Crippen molar-refractivity contribution in [1.29, 1.82) is 0 Å². The summed E-state index contributed by atoms with van der Waals surface area (Å²) in [6.45, 7) is 5.27. The first-order chi connectivity index (χ1) is 11.3. The van der Waals surface area contributed by atoms with E-state index in [1.807, 2.05) is 7.05 Å². The Morgan fingerprint density at radius 2 is 1.92 bits per heavy atom. The summed E-state index contributed by atoms with van der Waals surface area (Å²) in [7, 11) is -1.79. The van der Waals surface area contributed by atoms with Gasteiger partial charge in [0.05, 0.1) is 9.82 Å². The summed E-state index contributed by atoms with van der Waals surface area (Å²) in [5.41, 5.74) is 1.02. The van der Waals surface area contributed by atoms with Gasteiger partial charge in [0.1, 0.15) is 0 Å². The highest BCUT2D eigenvalue weighted by molar-refractivity contribution is 7.89. The van der Waals surface area contributed by atoms with Gasteiger partial charge in [-0.2, -0.15) is 4.31 Å². The molecule has 0 spiro atoms. The van der Waals surface area contributed by atoms with Crippen molar-refractivity contribution < 1.29 is 13.3 Å². The van der Waals surface area contributed by atoms with Crippen LogP contribution < -0.4 is 5.32 Å². The van der Waals surface area contributed by atoms with Crippen molar-refractivity contribution in [3.05, 3.63) is 33.4 Å². The number of aryl methyl sites for hydroxylation is 1. The van der Waals surface area contributed by atoms with Crippen LogP contribution in [0.3, 0.4) is 0 Å². The molecule has 1 aromatic rings. The smallest absolute Gasteiger partial charge is 0.271 e. The molecule has 24 heavy (non-hydrogen) atoms. The van der Waals surface area contributed by atoms with Gasteiger partial charge in [0.25, 0.3) is 5.69 Å². The number of hydrogen-bond acceptors (Lipinski definition) is 5. The number of nitrogens with zero attached hydrogens (tertiary/aromatic N) is 2. The fraction of sp³-hybridized carbons (Fsp3) is 0.625. The van der Waals surface area contributed by atoms with Crippen LogP contribution in [0.15, 0.2) is 17.0 Å². The molecule has 7 nitrogen and oxygen atoms in total. The third kappa shape index (κ3) is 3.93. The minimum absolute atomic E-state index is 0.0582. The van der Waals surface area contributed by atoms with Crippen molar-refractivity contribution in [3.63, 3.8) is 0 Å². The average molecular weight is 355 g/mol. The highest BCUT2D eigenvalue weighted by atomic mass is 32.2. The number of nitrogens with one attached hydrogen (secondary N) is 1. The lowest BCUT2D eigenvalue weighted by molar-refractivity contribution is -0.385. The van der Waals surface area contributed by atoms with E-state index < -0.39 is 14.9 Å². The topological polar surface area (TPSA) is 92.6 Å². The monoisotopic (exact) mass is 355 g/mol. The maximum absolute atomic E-state index is 12.9. The van der Waals surface area contributed by atoms with Gasteiger partial charge in [-0.25, -0.2) is 8.42 Å². The van der Waals surface area contributed by atoms with Gasteiger partial charge in [-0.1, -0.05) is 0 Å². The first kappa shape index (κ1) is 18.8. The lowest BCUT2D eigenvalue weighted by atomic mass is 9.95. The van der Waals surface area contributed by atoms with Crippen molar-refractivity contribution in [2.75, 3.05) is 26.7 Å². The van der Waals surface area contributed by atoms with Gasteiger partial charge < -0.3 is 5.32 Å². The maximum Gasteiger partial charge on any atom is 0.271 e. The summed E-state index contributed by atoms with van der Waals surface area (Å²) in [5, 5.41) is 14.2. The zero-order chi connectivity index (χ0) is 17.9. The molecule has 2 rings (SSSR count). The van der Waals surface area contributed by atoms with Gasteiger partial charge in [0.2, 0.25) is 10.0 Å². The first-order valence-electron chi connectivity index (χ1n) is 8.17. The van der Waals surface area contributed by atoms with Crippen LogP contribution in [0.1, 0.15) is 30.4 Å². The molecule has 0 radical (unpaired) electrons. The second kappa shape index (κ2) is 7.58. The summed E-state index contributed by atoms with van der Waals surface area (Å²) in [6, 6.07) is 2.60. The lowest BCUT2D eigenvalue weighted by Gasteiger charge is -2.31. The van der Waals surface area contributed by atoms with Crippen LogP contribution in [0.25, 0.3) is 0 Å². The summed E-state index contributed by atoms with van der Waals surface area (Å²) in [6.07, 6.45) is 2.70. The van der Waals surface area contributed by atoms with Crippen LogP contribution in [0.5, 0.6) is 0 Å². The number of hydrogen-bond donors (Lipinski definition) is 1. The Morgan fingerprint density at radius 1 is 1.29 bits per heavy atom. The first-order valence-corrected chi connectivity index (χ1v) is 9.61. The average Bonchev–Trinajstić information content (AvgIpc) is 2.55. The number of sulfonamides is 1. The molecule has 1 N–H and O–H groups in total. The van der Waals surface area contributed by atoms with E-state index in [1.165, 1.54) is 16.4 Å². The highest BCUT2D eigenvalue weighted by Crippen LogP contribution is 2.30. The lowest BCUT2D eigenvalue weighted by Crippen LogP contribution is -2.39. The van der Waals surface area contributed by atoms with E-state index in [-0.39, 0.29) is 10.6 Å². The molecule has 1 heterocycles. The van der Waals surface area contributed by atoms with E-state index >= 15 is 0 Å². The van der Waals surface area contributed by atoms with E-state index in [9.17, 15) is 18.5 Å². The van der Waals surface area contributed by atoms with Crippen molar-refractivity contribution in [2.45, 2.75) is 38.0 Å². The van der Waals surface area contributed by atoms with E-state index in [0.717, 1.165) is 25.8 Å². The molecule has 0 atom stereocenters. The third-order valence-corrected chi connectivity index (χ3v) is 6.83. The minimum atomic E-state index is -3.70. The molecule has 1 aliphatic heterocycles. The zero-order valence-corrected chi connectivity index (χ0v) is 15.2.